The van der Waals surface area contributed by atoms with Gasteiger partial charge in [-0.15, -0.1) is 0 Å². The summed E-state index contributed by atoms with van der Waals surface area (Å²) in [6.45, 7) is 87.2. The molecular formula is C88H187F9. The molecule has 0 aromatic carbocycles. The van der Waals surface area contributed by atoms with E-state index in [9.17, 15) is 39.5 Å². The number of alkyl halides is 9. The van der Waals surface area contributed by atoms with Gasteiger partial charge >= 0.3 is 0 Å². The van der Waals surface area contributed by atoms with Gasteiger partial charge in [0.05, 0.1) is 0 Å². The maximum atomic E-state index is 14.0. The van der Waals surface area contributed by atoms with E-state index in [0.717, 1.165) is 64.2 Å². The van der Waals surface area contributed by atoms with E-state index in [-0.39, 0.29) is 35.0 Å². The van der Waals surface area contributed by atoms with Crippen LogP contribution >= 0.6 is 0 Å². The van der Waals surface area contributed by atoms with Crippen molar-refractivity contribution >= 4 is 0 Å². The SMILES string of the molecule is CC(C)C(C(C)C)C(C)(C)F.CCC(C)(CC)C(C)(C)C.CCC(C)(F)C(C(C)C)C(C)C.CCC(C)(F)C(C)(CC)CC.CCC(C)(F)C(C)C.CCC(C)(F)CC.CCC(CC)C(C)(F)CC.CCCC(C)(F)C(CC)CC.CCCC(C)(F)CC.CCCC(C)(F)CCC. The van der Waals surface area contributed by atoms with E-state index in [1.54, 1.807) is 69.2 Å². The van der Waals surface area contributed by atoms with Gasteiger partial charge in [-0.1, -0.05) is 300 Å². The molecule has 0 rings (SSSR count). The van der Waals surface area contributed by atoms with Gasteiger partial charge in [0.2, 0.25) is 0 Å². The number of rotatable bonds is 33. The number of hydrogen-bond donors (Lipinski definition) is 0. The molecule has 0 heterocycles. The zero-order chi connectivity index (χ0) is 80.5. The van der Waals surface area contributed by atoms with Crippen molar-refractivity contribution in [2.75, 3.05) is 0 Å². The molecule has 9 heteroatoms. The molecule has 0 spiro atoms. The third kappa shape index (κ3) is 57.4. The molecule has 0 N–H and O–H groups in total. The van der Waals surface area contributed by atoms with Crippen LogP contribution in [0.15, 0.2) is 0 Å². The van der Waals surface area contributed by atoms with Crippen molar-refractivity contribution in [3.8, 4) is 0 Å². The molecule has 97 heavy (non-hydrogen) atoms. The van der Waals surface area contributed by atoms with Crippen LogP contribution in [0.5, 0.6) is 0 Å². The second kappa shape index (κ2) is 57.7. The lowest BCUT2D eigenvalue weighted by Crippen LogP contribution is -2.38. The van der Waals surface area contributed by atoms with Crippen LogP contribution in [-0.4, -0.2) is 51.0 Å². The maximum absolute atomic E-state index is 14.0. The first-order chi connectivity index (χ1) is 43.4. The second-order valence-electron chi connectivity index (χ2n) is 34.6. The van der Waals surface area contributed by atoms with Gasteiger partial charge in [-0.25, -0.2) is 39.5 Å². The Morgan fingerprint density at radius 1 is 0.237 bits per heavy atom. The van der Waals surface area contributed by atoms with Gasteiger partial charge in [0, 0.05) is 5.41 Å². The fourth-order valence-electron chi connectivity index (χ4n) is 13.3. The van der Waals surface area contributed by atoms with Gasteiger partial charge in [-0.2, -0.15) is 0 Å². The maximum Gasteiger partial charge on any atom is 0.113 e. The van der Waals surface area contributed by atoms with Crippen LogP contribution in [0.1, 0.15) is 452 Å². The van der Waals surface area contributed by atoms with E-state index in [2.05, 4.69) is 138 Å². The predicted octanol–water partition coefficient (Wildman–Crippen LogP) is 34.6. The minimum absolute atomic E-state index is 0.137. The lowest BCUT2D eigenvalue weighted by molar-refractivity contribution is 0.00941. The van der Waals surface area contributed by atoms with Crippen molar-refractivity contribution in [2.24, 2.45) is 69.5 Å². The molecule has 0 radical (unpaired) electrons. The predicted molar refractivity (Wildman–Crippen MR) is 429 cm³/mol. The van der Waals surface area contributed by atoms with E-state index < -0.39 is 51.0 Å². The first-order valence-corrected chi connectivity index (χ1v) is 40.6. The lowest BCUT2D eigenvalue weighted by atomic mass is 9.65. The molecule has 0 bridgehead atoms. The normalized spacial score (nSPS) is 15.9. The van der Waals surface area contributed by atoms with Crippen LogP contribution in [0, 0.1) is 69.5 Å². The Balaban J connectivity index is -0.000000109. The summed E-state index contributed by atoms with van der Waals surface area (Å²) in [6, 6.07) is 0. The topological polar surface area (TPSA) is 0 Å². The van der Waals surface area contributed by atoms with Crippen molar-refractivity contribution in [3.63, 3.8) is 0 Å². The third-order valence-electron chi connectivity index (χ3n) is 23.4. The Bertz CT molecular complexity index is 1620. The van der Waals surface area contributed by atoms with E-state index in [1.165, 1.54) is 12.8 Å². The standard InChI is InChI=1S/C11H23F.3C10H21F.C10H22.C9H19F.C8H17F.2C7H15F.C6H13F/c1-7-11(6,12)10(8(2)3)9(4)5;1-7(2)9(8(3)4)10(5,6)11;1-6-9(4,7-2)10(5,11)8-3;1-5-8-10(4,11)9(6-2)7-3;1-7-10(6,8-2)9(3,4)5;1-5-8(6-2)9(4,10)7-3;1-4-6-8(3,9)7-5-2;1-5-7(4,8)6(2)3;1-4-6-7(3,8)5-2;1-4-6(3,7)5-2/h8-10H,7H2,1-6H3;7-9H,1-6H3;6-8H2,1-5H3;9H,5-8H2,1-4H3;7-8H2,1-6H3;8H,5-7H2,1-4H3;4-7H2,1-3H3;6H,5H2,1-4H3;4-6H2,1-3H3;4-5H2,1-3H3. The molecule has 6 atom stereocenters. The Morgan fingerprint density at radius 2 is 0.495 bits per heavy atom. The summed E-state index contributed by atoms with van der Waals surface area (Å²) in [5.41, 5.74) is -7.76. The molecule has 0 aliphatic carbocycles. The van der Waals surface area contributed by atoms with E-state index >= 15 is 0 Å². The molecule has 0 aromatic rings. The van der Waals surface area contributed by atoms with E-state index in [4.69, 9.17) is 0 Å². The van der Waals surface area contributed by atoms with Crippen molar-refractivity contribution in [3.05, 3.63) is 0 Å². The summed E-state index contributed by atoms with van der Waals surface area (Å²) in [4.78, 5) is 0. The van der Waals surface area contributed by atoms with Crippen molar-refractivity contribution < 1.29 is 39.5 Å². The van der Waals surface area contributed by atoms with Crippen LogP contribution in [-0.2, 0) is 0 Å². The summed E-state index contributed by atoms with van der Waals surface area (Å²) < 4.78 is 120. The number of hydrogen-bond acceptors (Lipinski definition) is 0. The highest BCUT2D eigenvalue weighted by atomic mass is 19.2. The fraction of sp³-hybridized carbons (Fsp3) is 1.00. The first-order valence-electron chi connectivity index (χ1n) is 40.6. The van der Waals surface area contributed by atoms with Crippen molar-refractivity contribution in [2.45, 2.75) is 503 Å². The molecule has 0 aliphatic heterocycles. The van der Waals surface area contributed by atoms with Crippen molar-refractivity contribution in [1.29, 1.82) is 0 Å². The molecular weight excluding hydrogens is 1230 g/mol. The highest BCUT2D eigenvalue weighted by molar-refractivity contribution is 4.91. The van der Waals surface area contributed by atoms with Gasteiger partial charge < -0.3 is 0 Å². The van der Waals surface area contributed by atoms with Gasteiger partial charge in [-0.3, -0.25) is 0 Å². The summed E-state index contributed by atoms with van der Waals surface area (Å²) in [5.74, 6) is 2.71. The average molecular weight is 1420 g/mol. The zero-order valence-corrected chi connectivity index (χ0v) is 74.9. The molecule has 0 aromatic heterocycles. The smallest absolute Gasteiger partial charge is 0.113 e. The molecule has 0 saturated carbocycles. The van der Waals surface area contributed by atoms with Crippen LogP contribution in [0.3, 0.4) is 0 Å². The lowest BCUT2D eigenvalue weighted by Gasteiger charge is -2.40. The Morgan fingerprint density at radius 3 is 0.588 bits per heavy atom. The van der Waals surface area contributed by atoms with Crippen LogP contribution < -0.4 is 0 Å². The minimum atomic E-state index is -1.04. The van der Waals surface area contributed by atoms with Crippen LogP contribution in [0.25, 0.3) is 0 Å². The quantitative estimate of drug-likeness (QED) is 0.0575. The van der Waals surface area contributed by atoms with Crippen LogP contribution in [0.4, 0.5) is 39.5 Å². The van der Waals surface area contributed by atoms with Gasteiger partial charge in [0.15, 0.2) is 0 Å². The molecule has 0 nitrogen and oxygen atoms in total. The Labute approximate surface area is 609 Å². The fourth-order valence-corrected chi connectivity index (χ4v) is 13.3. The summed E-state index contributed by atoms with van der Waals surface area (Å²) >= 11 is 0. The minimum Gasteiger partial charge on any atom is -0.244 e. The molecule has 0 fully saturated rings. The van der Waals surface area contributed by atoms with E-state index in [0.29, 0.717) is 105 Å². The Kier molecular flexibility index (Phi) is 69.8. The summed E-state index contributed by atoms with van der Waals surface area (Å²) in [5, 5.41) is 0. The van der Waals surface area contributed by atoms with E-state index in [1.807, 2.05) is 96.9 Å². The van der Waals surface area contributed by atoms with Gasteiger partial charge in [0.25, 0.3) is 0 Å². The summed E-state index contributed by atoms with van der Waals surface area (Å²) in [6.07, 6.45) is 19.3. The van der Waals surface area contributed by atoms with Crippen LogP contribution in [0.2, 0.25) is 0 Å². The second-order valence-corrected chi connectivity index (χ2v) is 34.6. The van der Waals surface area contributed by atoms with Crippen molar-refractivity contribution in [1.82, 2.24) is 0 Å². The zero-order valence-electron chi connectivity index (χ0n) is 74.9. The Hall–Kier alpha value is -0.630. The first kappa shape index (κ1) is 118. The largest absolute Gasteiger partial charge is 0.244 e. The highest BCUT2D eigenvalue weighted by Gasteiger charge is 2.41. The molecule has 0 amide bonds. The highest BCUT2D eigenvalue weighted by Crippen LogP contribution is 2.45. The van der Waals surface area contributed by atoms with Gasteiger partial charge in [0.1, 0.15) is 51.0 Å². The summed E-state index contributed by atoms with van der Waals surface area (Å²) in [7, 11) is 0. The molecule has 0 aliphatic rings. The molecule has 602 valence electrons. The van der Waals surface area contributed by atoms with Gasteiger partial charge in [-0.05, 0) is 217 Å². The third-order valence-corrected chi connectivity index (χ3v) is 23.4. The monoisotopic (exact) mass is 1420 g/mol. The average Bonchev–Trinajstić information content (AvgIpc) is 1.31. The molecule has 0 saturated heterocycles. The number of halogens is 9. The molecule has 6 unspecified atom stereocenters.